The van der Waals surface area contributed by atoms with E-state index in [1.165, 1.54) is 11.1 Å². The van der Waals surface area contributed by atoms with E-state index in [1.54, 1.807) is 0 Å². The van der Waals surface area contributed by atoms with Crippen LogP contribution in [0.1, 0.15) is 36.8 Å². The molecule has 3 N–H and O–H groups in total. The maximum atomic E-state index is 11.0. The molecule has 2 rings (SSSR count). The number of hydrogen-bond acceptors (Lipinski definition) is 3. The van der Waals surface area contributed by atoms with Gasteiger partial charge in [0.2, 0.25) is 5.91 Å². The molecule has 0 aliphatic carbocycles. The second-order valence-corrected chi connectivity index (χ2v) is 5.17. The molecular formula is C15H23N3O. The Morgan fingerprint density at radius 1 is 1.21 bits per heavy atom. The summed E-state index contributed by atoms with van der Waals surface area (Å²) < 4.78 is 0. The van der Waals surface area contributed by atoms with Crippen LogP contribution in [-0.2, 0) is 17.8 Å². The fraction of sp³-hybridized carbons (Fsp3) is 0.533. The molecule has 19 heavy (non-hydrogen) atoms. The predicted octanol–water partition coefficient (Wildman–Crippen LogP) is 1.59. The van der Waals surface area contributed by atoms with E-state index in [9.17, 15) is 4.79 Å². The first-order valence-corrected chi connectivity index (χ1v) is 7.08. The van der Waals surface area contributed by atoms with Gasteiger partial charge in [0, 0.05) is 19.5 Å². The molecule has 0 aromatic heterocycles. The van der Waals surface area contributed by atoms with E-state index >= 15 is 0 Å². The summed E-state index contributed by atoms with van der Waals surface area (Å²) in [5.41, 5.74) is 5.13. The molecule has 104 valence electrons. The molecule has 0 saturated heterocycles. The van der Waals surface area contributed by atoms with Crippen LogP contribution in [-0.4, -0.2) is 23.9 Å². The van der Waals surface area contributed by atoms with Crippen LogP contribution in [0.5, 0.6) is 0 Å². The van der Waals surface area contributed by atoms with Crippen LogP contribution < -0.4 is 11.3 Å². The first-order valence-electron chi connectivity index (χ1n) is 7.08. The van der Waals surface area contributed by atoms with Crippen molar-refractivity contribution in [2.24, 2.45) is 5.84 Å². The van der Waals surface area contributed by atoms with E-state index in [4.69, 9.17) is 5.84 Å². The zero-order valence-electron chi connectivity index (χ0n) is 11.4. The highest BCUT2D eigenvalue weighted by Crippen LogP contribution is 2.18. The van der Waals surface area contributed by atoms with E-state index < -0.39 is 0 Å². The van der Waals surface area contributed by atoms with E-state index in [0.29, 0.717) is 6.42 Å². The van der Waals surface area contributed by atoms with Gasteiger partial charge in [-0.05, 0) is 36.9 Å². The first kappa shape index (κ1) is 14.0. The fourth-order valence-electron chi connectivity index (χ4n) is 2.61. The maximum absolute atomic E-state index is 11.0. The first-order chi connectivity index (χ1) is 9.29. The van der Waals surface area contributed by atoms with Crippen LogP contribution in [0, 0.1) is 0 Å². The van der Waals surface area contributed by atoms with Crippen LogP contribution >= 0.6 is 0 Å². The molecular weight excluding hydrogens is 238 g/mol. The maximum Gasteiger partial charge on any atom is 0.233 e. The quantitative estimate of drug-likeness (QED) is 0.354. The Bertz CT molecular complexity index is 420. The summed E-state index contributed by atoms with van der Waals surface area (Å²) in [5, 5.41) is 0. The SMILES string of the molecule is NNC(=O)CCCCCN1CCc2ccccc2C1. The molecule has 0 spiro atoms. The van der Waals surface area contributed by atoms with Crippen molar-refractivity contribution in [2.45, 2.75) is 38.6 Å². The third kappa shape index (κ3) is 4.33. The highest BCUT2D eigenvalue weighted by Gasteiger charge is 2.14. The minimum atomic E-state index is -0.0631. The van der Waals surface area contributed by atoms with Crippen molar-refractivity contribution in [3.05, 3.63) is 35.4 Å². The number of nitrogens with two attached hydrogens (primary N) is 1. The minimum absolute atomic E-state index is 0.0631. The van der Waals surface area contributed by atoms with Gasteiger partial charge in [-0.3, -0.25) is 15.1 Å². The van der Waals surface area contributed by atoms with Gasteiger partial charge in [-0.2, -0.15) is 0 Å². The highest BCUT2D eigenvalue weighted by molar-refractivity contribution is 5.75. The molecule has 0 unspecified atom stereocenters. The number of unbranched alkanes of at least 4 members (excludes halogenated alkanes) is 2. The molecule has 4 heteroatoms. The summed E-state index contributed by atoms with van der Waals surface area (Å²) in [4.78, 5) is 13.5. The lowest BCUT2D eigenvalue weighted by molar-refractivity contribution is -0.121. The lowest BCUT2D eigenvalue weighted by Crippen LogP contribution is -2.31. The molecule has 1 amide bonds. The third-order valence-electron chi connectivity index (χ3n) is 3.75. The molecule has 0 radical (unpaired) electrons. The van der Waals surface area contributed by atoms with Gasteiger partial charge in [0.1, 0.15) is 0 Å². The van der Waals surface area contributed by atoms with Crippen LogP contribution in [0.4, 0.5) is 0 Å². The van der Waals surface area contributed by atoms with Crippen molar-refractivity contribution in [3.63, 3.8) is 0 Å². The highest BCUT2D eigenvalue weighted by atomic mass is 16.2. The van der Waals surface area contributed by atoms with Crippen LogP contribution in [0.25, 0.3) is 0 Å². The number of hydrazine groups is 1. The largest absolute Gasteiger partial charge is 0.299 e. The molecule has 0 atom stereocenters. The molecule has 1 heterocycles. The van der Waals surface area contributed by atoms with Crippen molar-refractivity contribution >= 4 is 5.91 Å². The molecule has 0 bridgehead atoms. The van der Waals surface area contributed by atoms with E-state index in [0.717, 1.165) is 45.3 Å². The number of nitrogens with one attached hydrogen (secondary N) is 1. The van der Waals surface area contributed by atoms with Gasteiger partial charge in [-0.15, -0.1) is 0 Å². The molecule has 1 aromatic carbocycles. The smallest absolute Gasteiger partial charge is 0.233 e. The summed E-state index contributed by atoms with van der Waals surface area (Å²) in [6, 6.07) is 8.70. The van der Waals surface area contributed by atoms with Crippen LogP contribution in [0.3, 0.4) is 0 Å². The Kier molecular flexibility index (Phi) is 5.36. The van der Waals surface area contributed by atoms with Gasteiger partial charge >= 0.3 is 0 Å². The zero-order chi connectivity index (χ0) is 13.5. The van der Waals surface area contributed by atoms with Gasteiger partial charge in [0.15, 0.2) is 0 Å². The van der Waals surface area contributed by atoms with Gasteiger partial charge in [0.05, 0.1) is 0 Å². The average Bonchev–Trinajstić information content (AvgIpc) is 2.46. The summed E-state index contributed by atoms with van der Waals surface area (Å²) in [6.45, 7) is 3.35. The number of benzene rings is 1. The molecule has 0 fully saturated rings. The summed E-state index contributed by atoms with van der Waals surface area (Å²) in [7, 11) is 0. The average molecular weight is 261 g/mol. The Morgan fingerprint density at radius 3 is 2.79 bits per heavy atom. The second kappa shape index (κ2) is 7.26. The van der Waals surface area contributed by atoms with Gasteiger partial charge in [-0.25, -0.2) is 5.84 Å². The number of carbonyl (C=O) groups excluding carboxylic acids is 1. The summed E-state index contributed by atoms with van der Waals surface area (Å²) in [6.07, 6.45) is 4.87. The molecule has 1 aromatic rings. The normalized spacial score (nSPS) is 15.0. The van der Waals surface area contributed by atoms with Crippen molar-refractivity contribution in [1.29, 1.82) is 0 Å². The monoisotopic (exact) mass is 261 g/mol. The van der Waals surface area contributed by atoms with Gasteiger partial charge in [0.25, 0.3) is 0 Å². The zero-order valence-corrected chi connectivity index (χ0v) is 11.4. The van der Waals surface area contributed by atoms with Crippen molar-refractivity contribution in [3.8, 4) is 0 Å². The Balaban J connectivity index is 1.64. The lowest BCUT2D eigenvalue weighted by Gasteiger charge is -2.28. The molecule has 4 nitrogen and oxygen atoms in total. The summed E-state index contributed by atoms with van der Waals surface area (Å²) >= 11 is 0. The van der Waals surface area contributed by atoms with Gasteiger partial charge < -0.3 is 0 Å². The number of fused-ring (bicyclic) bond motifs is 1. The molecule has 0 saturated carbocycles. The van der Waals surface area contributed by atoms with Crippen molar-refractivity contribution in [1.82, 2.24) is 10.3 Å². The van der Waals surface area contributed by atoms with Crippen LogP contribution in [0.15, 0.2) is 24.3 Å². The predicted molar refractivity (Wildman–Crippen MR) is 76.2 cm³/mol. The molecule has 1 aliphatic rings. The van der Waals surface area contributed by atoms with Crippen molar-refractivity contribution in [2.75, 3.05) is 13.1 Å². The number of nitrogens with zero attached hydrogens (tertiary/aromatic N) is 1. The van der Waals surface area contributed by atoms with E-state index in [1.807, 2.05) is 0 Å². The number of amides is 1. The second-order valence-electron chi connectivity index (χ2n) is 5.17. The Morgan fingerprint density at radius 2 is 2.00 bits per heavy atom. The number of carbonyl (C=O) groups is 1. The van der Waals surface area contributed by atoms with Crippen molar-refractivity contribution < 1.29 is 4.79 Å². The fourth-order valence-corrected chi connectivity index (χ4v) is 2.61. The van der Waals surface area contributed by atoms with Gasteiger partial charge in [-0.1, -0.05) is 30.7 Å². The van der Waals surface area contributed by atoms with Crippen LogP contribution in [0.2, 0.25) is 0 Å². The van der Waals surface area contributed by atoms with E-state index in [2.05, 4.69) is 34.6 Å². The third-order valence-corrected chi connectivity index (χ3v) is 3.75. The summed E-state index contributed by atoms with van der Waals surface area (Å²) in [5.74, 6) is 4.98. The molecule has 1 aliphatic heterocycles. The standard InChI is InChI=1S/C15H23N3O/c16-17-15(19)8-2-1-5-10-18-11-9-13-6-3-4-7-14(13)12-18/h3-4,6-7H,1-2,5,8-12,16H2,(H,17,19). The number of rotatable bonds is 6. The topological polar surface area (TPSA) is 58.4 Å². The Hall–Kier alpha value is -1.39. The Labute approximate surface area is 114 Å². The minimum Gasteiger partial charge on any atom is -0.299 e. The van der Waals surface area contributed by atoms with E-state index in [-0.39, 0.29) is 5.91 Å². The lowest BCUT2D eigenvalue weighted by atomic mass is 10.00. The number of hydrogen-bond donors (Lipinski definition) is 2.